The first-order valence-electron chi connectivity index (χ1n) is 5.70. The minimum atomic E-state index is -4.83. The topological polar surface area (TPSA) is 45.0 Å². The van der Waals surface area contributed by atoms with Crippen LogP contribution in [0.2, 0.25) is 0 Å². The van der Waals surface area contributed by atoms with E-state index < -0.39 is 17.9 Å². The fourth-order valence-corrected chi connectivity index (χ4v) is 1.62. The normalized spacial score (nSPS) is 10.8. The van der Waals surface area contributed by atoms with Crippen molar-refractivity contribution >= 4 is 11.4 Å². The molecule has 108 valence electrons. The van der Waals surface area contributed by atoms with Crippen molar-refractivity contribution in [2.24, 2.45) is 0 Å². The van der Waals surface area contributed by atoms with Gasteiger partial charge in [-0.05, 0) is 30.3 Å². The predicted octanol–water partition coefficient (Wildman–Crippen LogP) is 4.34. The van der Waals surface area contributed by atoms with Crippen LogP contribution in [0.4, 0.5) is 28.9 Å². The van der Waals surface area contributed by atoms with Crippen LogP contribution in [-0.2, 0) is 0 Å². The van der Waals surface area contributed by atoms with Crippen LogP contribution in [0.25, 0.3) is 0 Å². The first-order chi connectivity index (χ1) is 9.89. The Balaban J connectivity index is 2.28. The standard InChI is InChI=1S/C14H8F4N2O/c15-11-7-10(6-5-9(11)8-19)20-12-3-1-2-4-13(12)21-14(16,17)18/h1-7,20H. The third kappa shape index (κ3) is 3.86. The molecule has 21 heavy (non-hydrogen) atoms. The molecule has 0 radical (unpaired) electrons. The molecule has 0 atom stereocenters. The zero-order chi connectivity index (χ0) is 15.5. The SMILES string of the molecule is N#Cc1ccc(Nc2ccccc2OC(F)(F)F)cc1F. The van der Waals surface area contributed by atoms with Crippen molar-refractivity contribution < 1.29 is 22.3 Å². The van der Waals surface area contributed by atoms with Gasteiger partial charge >= 0.3 is 6.36 Å². The number of anilines is 2. The number of hydrogen-bond donors (Lipinski definition) is 1. The van der Waals surface area contributed by atoms with E-state index in [1.165, 1.54) is 30.3 Å². The van der Waals surface area contributed by atoms with E-state index in [-0.39, 0.29) is 16.9 Å². The number of nitriles is 1. The number of halogens is 4. The number of ether oxygens (including phenoxy) is 1. The van der Waals surface area contributed by atoms with Gasteiger partial charge in [0.1, 0.15) is 11.9 Å². The van der Waals surface area contributed by atoms with Gasteiger partial charge in [-0.2, -0.15) is 5.26 Å². The van der Waals surface area contributed by atoms with Crippen molar-refractivity contribution in [3.63, 3.8) is 0 Å². The highest BCUT2D eigenvalue weighted by atomic mass is 19.4. The van der Waals surface area contributed by atoms with Gasteiger partial charge in [0.2, 0.25) is 0 Å². The van der Waals surface area contributed by atoms with Crippen molar-refractivity contribution in [2.45, 2.75) is 6.36 Å². The molecule has 2 aromatic carbocycles. The number of alkyl halides is 3. The summed E-state index contributed by atoms with van der Waals surface area (Å²) < 4.78 is 54.2. The van der Waals surface area contributed by atoms with Gasteiger partial charge in [-0.15, -0.1) is 13.2 Å². The van der Waals surface area contributed by atoms with Crippen LogP contribution < -0.4 is 10.1 Å². The summed E-state index contributed by atoms with van der Waals surface area (Å²) in [5, 5.41) is 11.2. The molecule has 3 nitrogen and oxygen atoms in total. The maximum Gasteiger partial charge on any atom is 0.573 e. The van der Waals surface area contributed by atoms with Gasteiger partial charge in [0.15, 0.2) is 5.75 Å². The van der Waals surface area contributed by atoms with E-state index in [0.29, 0.717) is 0 Å². The number of benzene rings is 2. The largest absolute Gasteiger partial charge is 0.573 e. The molecule has 1 N–H and O–H groups in total. The summed E-state index contributed by atoms with van der Waals surface area (Å²) in [5.74, 6) is -1.20. The summed E-state index contributed by atoms with van der Waals surface area (Å²) in [6, 6.07) is 10.7. The Bertz CT molecular complexity index is 692. The van der Waals surface area contributed by atoms with E-state index in [2.05, 4.69) is 10.1 Å². The minimum absolute atomic E-state index is 0.0268. The van der Waals surface area contributed by atoms with Gasteiger partial charge in [-0.25, -0.2) is 4.39 Å². The van der Waals surface area contributed by atoms with Crippen LogP contribution in [0.15, 0.2) is 42.5 Å². The molecule has 0 amide bonds. The van der Waals surface area contributed by atoms with E-state index in [9.17, 15) is 17.6 Å². The van der Waals surface area contributed by atoms with E-state index in [4.69, 9.17) is 5.26 Å². The van der Waals surface area contributed by atoms with E-state index in [0.717, 1.165) is 12.1 Å². The van der Waals surface area contributed by atoms with E-state index in [1.807, 2.05) is 0 Å². The third-order valence-electron chi connectivity index (χ3n) is 2.48. The Kier molecular flexibility index (Phi) is 3.98. The molecule has 2 rings (SSSR count). The lowest BCUT2D eigenvalue weighted by atomic mass is 10.2. The summed E-state index contributed by atoms with van der Waals surface area (Å²) in [5.41, 5.74) is 0.0732. The van der Waals surface area contributed by atoms with Crippen LogP contribution >= 0.6 is 0 Å². The van der Waals surface area contributed by atoms with E-state index >= 15 is 0 Å². The molecule has 0 aliphatic rings. The molecule has 0 fully saturated rings. The Morgan fingerprint density at radius 2 is 1.81 bits per heavy atom. The van der Waals surface area contributed by atoms with Crippen LogP contribution in [0, 0.1) is 17.1 Å². The van der Waals surface area contributed by atoms with Crippen molar-refractivity contribution in [1.29, 1.82) is 5.26 Å². The Hall–Kier alpha value is -2.75. The highest BCUT2D eigenvalue weighted by molar-refractivity contribution is 5.66. The summed E-state index contributed by atoms with van der Waals surface area (Å²) in [7, 11) is 0. The summed E-state index contributed by atoms with van der Waals surface area (Å²) in [4.78, 5) is 0. The maximum atomic E-state index is 13.5. The van der Waals surface area contributed by atoms with Gasteiger partial charge in [-0.1, -0.05) is 12.1 Å². The van der Waals surface area contributed by atoms with Gasteiger partial charge in [0.25, 0.3) is 0 Å². The smallest absolute Gasteiger partial charge is 0.404 e. The molecule has 0 saturated heterocycles. The third-order valence-corrected chi connectivity index (χ3v) is 2.48. The molecule has 0 aliphatic carbocycles. The highest BCUT2D eigenvalue weighted by Gasteiger charge is 2.32. The van der Waals surface area contributed by atoms with Gasteiger partial charge in [0, 0.05) is 5.69 Å². The highest BCUT2D eigenvalue weighted by Crippen LogP contribution is 2.32. The Labute approximate surface area is 117 Å². The number of hydrogen-bond acceptors (Lipinski definition) is 3. The van der Waals surface area contributed by atoms with Gasteiger partial charge < -0.3 is 10.1 Å². The second-order valence-corrected chi connectivity index (χ2v) is 3.98. The first kappa shape index (κ1) is 14.7. The minimum Gasteiger partial charge on any atom is -0.404 e. The molecule has 7 heteroatoms. The van der Waals surface area contributed by atoms with Crippen LogP contribution in [0.1, 0.15) is 5.56 Å². The van der Waals surface area contributed by atoms with Gasteiger partial charge in [-0.3, -0.25) is 0 Å². The fraction of sp³-hybridized carbons (Fsp3) is 0.0714. The summed E-state index contributed by atoms with van der Waals surface area (Å²) >= 11 is 0. The zero-order valence-electron chi connectivity index (χ0n) is 10.4. The lowest BCUT2D eigenvalue weighted by molar-refractivity contribution is -0.274. The molecule has 0 heterocycles. The quantitative estimate of drug-likeness (QED) is 0.857. The van der Waals surface area contributed by atoms with Crippen LogP contribution in [-0.4, -0.2) is 6.36 Å². The fourth-order valence-electron chi connectivity index (χ4n) is 1.62. The maximum absolute atomic E-state index is 13.5. The van der Waals surface area contributed by atoms with Crippen molar-refractivity contribution in [1.82, 2.24) is 0 Å². The Morgan fingerprint density at radius 3 is 2.43 bits per heavy atom. The lowest BCUT2D eigenvalue weighted by Crippen LogP contribution is -2.17. The lowest BCUT2D eigenvalue weighted by Gasteiger charge is -2.14. The number of rotatable bonds is 3. The van der Waals surface area contributed by atoms with Crippen LogP contribution in [0.3, 0.4) is 0 Å². The molecule has 2 aromatic rings. The zero-order valence-corrected chi connectivity index (χ0v) is 10.4. The van der Waals surface area contributed by atoms with Crippen molar-refractivity contribution in [2.75, 3.05) is 5.32 Å². The average Bonchev–Trinajstić information content (AvgIpc) is 2.40. The number of nitrogens with one attached hydrogen (secondary N) is 1. The molecule has 0 spiro atoms. The monoisotopic (exact) mass is 296 g/mol. The predicted molar refractivity (Wildman–Crippen MR) is 67.5 cm³/mol. The molecule has 0 aromatic heterocycles. The van der Waals surface area contributed by atoms with Crippen molar-refractivity contribution in [3.05, 3.63) is 53.8 Å². The molecular formula is C14H8F4N2O. The van der Waals surface area contributed by atoms with E-state index in [1.54, 1.807) is 6.07 Å². The average molecular weight is 296 g/mol. The Morgan fingerprint density at radius 1 is 1.10 bits per heavy atom. The van der Waals surface area contributed by atoms with Crippen LogP contribution in [0.5, 0.6) is 5.75 Å². The van der Waals surface area contributed by atoms with Crippen molar-refractivity contribution in [3.8, 4) is 11.8 Å². The summed E-state index contributed by atoms with van der Waals surface area (Å²) in [6.45, 7) is 0. The number of para-hydroxylation sites is 2. The molecule has 0 unspecified atom stereocenters. The molecule has 0 bridgehead atoms. The molecule has 0 saturated carbocycles. The second kappa shape index (κ2) is 5.71. The first-order valence-corrected chi connectivity index (χ1v) is 5.70. The second-order valence-electron chi connectivity index (χ2n) is 3.98. The molecule has 0 aliphatic heterocycles. The van der Waals surface area contributed by atoms with Gasteiger partial charge in [0.05, 0.1) is 11.3 Å². The molecular weight excluding hydrogens is 288 g/mol. The summed E-state index contributed by atoms with van der Waals surface area (Å²) in [6.07, 6.45) is -4.83. The number of nitrogens with zero attached hydrogens (tertiary/aromatic N) is 1.